The Kier molecular flexibility index (Phi) is 3.58. The Morgan fingerprint density at radius 2 is 1.50 bits per heavy atom. The van der Waals surface area contributed by atoms with E-state index in [1.54, 1.807) is 12.4 Å². The maximum absolute atomic E-state index is 14.0. The zero-order valence-corrected chi connectivity index (χ0v) is 13.3. The van der Waals surface area contributed by atoms with Crippen molar-refractivity contribution in [3.05, 3.63) is 48.5 Å². The van der Waals surface area contributed by atoms with Crippen molar-refractivity contribution in [1.82, 2.24) is 4.98 Å². The molecule has 0 saturated carbocycles. The van der Waals surface area contributed by atoms with Gasteiger partial charge in [0.15, 0.2) is 0 Å². The Labute approximate surface area is 130 Å². The van der Waals surface area contributed by atoms with Crippen LogP contribution in [0.2, 0.25) is 0 Å². The first-order valence-corrected chi connectivity index (χ1v) is 7.35. The van der Waals surface area contributed by atoms with Crippen molar-refractivity contribution in [2.24, 2.45) is 0 Å². The minimum Gasteiger partial charge on any atom is -0.399 e. The van der Waals surface area contributed by atoms with E-state index in [9.17, 15) is 4.39 Å². The maximum atomic E-state index is 14.0. The number of hydrogen-bond donors (Lipinski definition) is 0. The van der Waals surface area contributed by atoms with Crippen LogP contribution in [0, 0.1) is 5.82 Å². The van der Waals surface area contributed by atoms with Crippen LogP contribution in [0.15, 0.2) is 42.7 Å². The van der Waals surface area contributed by atoms with Gasteiger partial charge in [0.25, 0.3) is 0 Å². The minimum absolute atomic E-state index is 0.306. The summed E-state index contributed by atoms with van der Waals surface area (Å²) in [6.45, 7) is 7.93. The predicted molar refractivity (Wildman–Crippen MR) is 85.3 cm³/mol. The molecule has 114 valence electrons. The van der Waals surface area contributed by atoms with E-state index >= 15 is 0 Å². The Hall–Kier alpha value is -1.72. The average Bonchev–Trinajstić information content (AvgIpc) is 2.68. The number of aromatic nitrogens is 1. The molecule has 0 bridgehead atoms. The first kappa shape index (κ1) is 15.2. The first-order chi connectivity index (χ1) is 10.3. The van der Waals surface area contributed by atoms with Crippen LogP contribution in [-0.2, 0) is 9.31 Å². The van der Waals surface area contributed by atoms with E-state index in [0.29, 0.717) is 5.46 Å². The molecule has 2 heterocycles. The van der Waals surface area contributed by atoms with E-state index in [1.165, 1.54) is 12.1 Å². The lowest BCUT2D eigenvalue weighted by atomic mass is 9.78. The lowest BCUT2D eigenvalue weighted by molar-refractivity contribution is 0.00578. The summed E-state index contributed by atoms with van der Waals surface area (Å²) in [5.41, 5.74) is 1.49. The Balaban J connectivity index is 1.98. The molecule has 0 N–H and O–H groups in total. The topological polar surface area (TPSA) is 31.4 Å². The third-order valence-corrected chi connectivity index (χ3v) is 4.46. The van der Waals surface area contributed by atoms with Gasteiger partial charge >= 0.3 is 7.12 Å². The van der Waals surface area contributed by atoms with Gasteiger partial charge in [-0.15, -0.1) is 0 Å². The van der Waals surface area contributed by atoms with E-state index < -0.39 is 18.3 Å². The summed E-state index contributed by atoms with van der Waals surface area (Å²) in [7, 11) is -0.568. The van der Waals surface area contributed by atoms with Crippen molar-refractivity contribution < 1.29 is 13.7 Å². The quantitative estimate of drug-likeness (QED) is 0.798. The molecule has 1 fully saturated rings. The van der Waals surface area contributed by atoms with Crippen LogP contribution >= 0.6 is 0 Å². The van der Waals surface area contributed by atoms with Gasteiger partial charge in [0.05, 0.1) is 11.2 Å². The van der Waals surface area contributed by atoms with Crippen molar-refractivity contribution >= 4 is 12.6 Å². The van der Waals surface area contributed by atoms with E-state index in [2.05, 4.69) is 4.98 Å². The van der Waals surface area contributed by atoms with Gasteiger partial charge in [0.1, 0.15) is 5.82 Å². The number of pyridine rings is 1. The van der Waals surface area contributed by atoms with E-state index in [1.807, 2.05) is 45.9 Å². The Bertz CT molecular complexity index is 672. The molecule has 1 aromatic heterocycles. The predicted octanol–water partition coefficient (Wildman–Crippen LogP) is 3.19. The summed E-state index contributed by atoms with van der Waals surface area (Å²) in [4.78, 5) is 3.99. The highest BCUT2D eigenvalue weighted by atomic mass is 19.1. The van der Waals surface area contributed by atoms with Crippen molar-refractivity contribution in [3.63, 3.8) is 0 Å². The summed E-state index contributed by atoms with van der Waals surface area (Å²) >= 11 is 0. The molecule has 1 aliphatic rings. The third kappa shape index (κ3) is 2.66. The molecule has 0 radical (unpaired) electrons. The summed E-state index contributed by atoms with van der Waals surface area (Å²) in [6, 6.07) is 8.57. The highest BCUT2D eigenvalue weighted by molar-refractivity contribution is 6.62. The lowest BCUT2D eigenvalue weighted by Gasteiger charge is -2.32. The fourth-order valence-corrected chi connectivity index (χ4v) is 2.44. The highest BCUT2D eigenvalue weighted by Gasteiger charge is 2.51. The van der Waals surface area contributed by atoms with Gasteiger partial charge in [-0.3, -0.25) is 4.98 Å². The minimum atomic E-state index is -0.568. The van der Waals surface area contributed by atoms with Crippen LogP contribution in [0.3, 0.4) is 0 Å². The second-order valence-electron chi connectivity index (χ2n) is 6.60. The number of nitrogens with zero attached hydrogens (tertiary/aromatic N) is 1. The standard InChI is InChI=1S/C17H19BFNO2/c1-16(2)17(3,4)22-18(21-16)14-9-13(10-15(19)11-14)12-5-7-20-8-6-12/h5-11H,1-4H3. The lowest BCUT2D eigenvalue weighted by Crippen LogP contribution is -2.41. The molecular formula is C17H19BFNO2. The van der Waals surface area contributed by atoms with Crippen LogP contribution in [0.4, 0.5) is 4.39 Å². The third-order valence-electron chi connectivity index (χ3n) is 4.46. The Morgan fingerprint density at radius 1 is 0.909 bits per heavy atom. The van der Waals surface area contributed by atoms with Crippen molar-refractivity contribution in [3.8, 4) is 11.1 Å². The second kappa shape index (κ2) is 5.18. The second-order valence-corrected chi connectivity index (χ2v) is 6.60. The van der Waals surface area contributed by atoms with Crippen LogP contribution in [0.25, 0.3) is 11.1 Å². The van der Waals surface area contributed by atoms with E-state index in [-0.39, 0.29) is 5.82 Å². The molecule has 0 unspecified atom stereocenters. The van der Waals surface area contributed by atoms with Gasteiger partial charge in [-0.1, -0.05) is 6.07 Å². The maximum Gasteiger partial charge on any atom is 0.494 e. The molecule has 1 saturated heterocycles. The number of halogens is 1. The summed E-state index contributed by atoms with van der Waals surface area (Å²) in [5.74, 6) is -0.306. The van der Waals surface area contributed by atoms with E-state index in [4.69, 9.17) is 9.31 Å². The molecular weight excluding hydrogens is 280 g/mol. The number of hydrogen-bond acceptors (Lipinski definition) is 3. The number of rotatable bonds is 2. The molecule has 5 heteroatoms. The zero-order valence-electron chi connectivity index (χ0n) is 13.3. The Morgan fingerprint density at radius 3 is 2.09 bits per heavy atom. The van der Waals surface area contributed by atoms with Gasteiger partial charge in [-0.2, -0.15) is 0 Å². The zero-order chi connectivity index (χ0) is 16.0. The van der Waals surface area contributed by atoms with Crippen LogP contribution in [0.5, 0.6) is 0 Å². The molecule has 1 aliphatic heterocycles. The highest BCUT2D eigenvalue weighted by Crippen LogP contribution is 2.36. The first-order valence-electron chi connectivity index (χ1n) is 7.35. The molecule has 0 atom stereocenters. The normalized spacial score (nSPS) is 19.4. The summed E-state index contributed by atoms with van der Waals surface area (Å²) < 4.78 is 26.0. The summed E-state index contributed by atoms with van der Waals surface area (Å²) in [5, 5.41) is 0. The van der Waals surface area contributed by atoms with Crippen molar-refractivity contribution in [2.45, 2.75) is 38.9 Å². The molecule has 22 heavy (non-hydrogen) atoms. The van der Waals surface area contributed by atoms with Crippen LogP contribution < -0.4 is 5.46 Å². The van der Waals surface area contributed by atoms with Crippen molar-refractivity contribution in [1.29, 1.82) is 0 Å². The summed E-state index contributed by atoms with van der Waals surface area (Å²) in [6.07, 6.45) is 3.38. The molecule has 3 nitrogen and oxygen atoms in total. The van der Waals surface area contributed by atoms with Gasteiger partial charge in [-0.25, -0.2) is 4.39 Å². The molecule has 1 aromatic carbocycles. The molecule has 0 aliphatic carbocycles. The largest absolute Gasteiger partial charge is 0.494 e. The van der Waals surface area contributed by atoms with E-state index in [0.717, 1.165) is 11.1 Å². The fourth-order valence-electron chi connectivity index (χ4n) is 2.44. The molecule has 0 amide bonds. The fraction of sp³-hybridized carbons (Fsp3) is 0.353. The number of benzene rings is 1. The van der Waals surface area contributed by atoms with Gasteiger partial charge in [0.2, 0.25) is 0 Å². The average molecular weight is 299 g/mol. The SMILES string of the molecule is CC1(C)OB(c2cc(F)cc(-c3ccncc3)c2)OC1(C)C. The smallest absolute Gasteiger partial charge is 0.399 e. The molecule has 3 rings (SSSR count). The van der Waals surface area contributed by atoms with Crippen molar-refractivity contribution in [2.75, 3.05) is 0 Å². The van der Waals surface area contributed by atoms with Gasteiger partial charge < -0.3 is 9.31 Å². The molecule has 2 aromatic rings. The monoisotopic (exact) mass is 299 g/mol. The van der Waals surface area contributed by atoms with Crippen LogP contribution in [0.1, 0.15) is 27.7 Å². The molecule has 0 spiro atoms. The van der Waals surface area contributed by atoms with Gasteiger partial charge in [-0.05, 0) is 68.6 Å². The van der Waals surface area contributed by atoms with Gasteiger partial charge in [0, 0.05) is 12.4 Å². The van der Waals surface area contributed by atoms with Crippen LogP contribution in [-0.4, -0.2) is 23.3 Å².